The fourth-order valence-electron chi connectivity index (χ4n) is 1.87. The van der Waals surface area contributed by atoms with Crippen LogP contribution in [0.15, 0.2) is 24.3 Å². The fraction of sp³-hybridized carbons (Fsp3) is 0.533. The summed E-state index contributed by atoms with van der Waals surface area (Å²) in [6.07, 6.45) is 2.37. The summed E-state index contributed by atoms with van der Waals surface area (Å²) in [6, 6.07) is 8.28. The average Bonchev–Trinajstić information content (AvgIpc) is 2.39. The lowest BCUT2D eigenvalue weighted by atomic mass is 10.1. The Morgan fingerprint density at radius 3 is 2.26 bits per heavy atom. The first-order chi connectivity index (χ1) is 9.04. The molecule has 0 atom stereocenters. The van der Waals surface area contributed by atoms with Gasteiger partial charge < -0.3 is 15.5 Å². The van der Waals surface area contributed by atoms with E-state index >= 15 is 0 Å². The van der Waals surface area contributed by atoms with Gasteiger partial charge in [0.25, 0.3) is 0 Å². The highest BCUT2D eigenvalue weighted by molar-refractivity contribution is 5.75. The highest BCUT2D eigenvalue weighted by atomic mass is 16.2. The molecule has 1 aromatic rings. The fourth-order valence-corrected chi connectivity index (χ4v) is 1.87. The van der Waals surface area contributed by atoms with Gasteiger partial charge in [0.1, 0.15) is 0 Å². The Bertz CT molecular complexity index is 387. The average molecular weight is 263 g/mol. The van der Waals surface area contributed by atoms with E-state index in [-0.39, 0.29) is 5.91 Å². The molecule has 1 rings (SSSR count). The van der Waals surface area contributed by atoms with Crippen LogP contribution in [0.2, 0.25) is 0 Å². The number of carbonyl (C=O) groups excluding carboxylic acids is 1. The van der Waals surface area contributed by atoms with Crippen LogP contribution in [0.1, 0.15) is 24.8 Å². The molecule has 106 valence electrons. The zero-order valence-corrected chi connectivity index (χ0v) is 12.2. The van der Waals surface area contributed by atoms with Gasteiger partial charge in [-0.05, 0) is 37.1 Å². The quantitative estimate of drug-likeness (QED) is 0.764. The minimum Gasteiger partial charge on any atom is -0.378 e. The number of unbranched alkanes of at least 4 members (excludes halogenated alkanes) is 1. The molecule has 0 aliphatic carbocycles. The SMILES string of the molecule is CN(Cc1ccc(N(C)C)cc1)C(=O)CCCCN. The first-order valence-electron chi connectivity index (χ1n) is 6.75. The third-order valence-electron chi connectivity index (χ3n) is 3.14. The summed E-state index contributed by atoms with van der Waals surface area (Å²) in [5.41, 5.74) is 7.74. The standard InChI is InChI=1S/C15H25N3O/c1-17(2)14-9-7-13(8-10-14)12-18(3)15(19)6-4-5-11-16/h7-10H,4-6,11-12,16H2,1-3H3. The summed E-state index contributed by atoms with van der Waals surface area (Å²) >= 11 is 0. The van der Waals surface area contributed by atoms with Crippen LogP contribution in [0.25, 0.3) is 0 Å². The molecule has 4 nitrogen and oxygen atoms in total. The van der Waals surface area contributed by atoms with Crippen molar-refractivity contribution >= 4 is 11.6 Å². The molecule has 0 unspecified atom stereocenters. The van der Waals surface area contributed by atoms with E-state index in [4.69, 9.17) is 5.73 Å². The van der Waals surface area contributed by atoms with Gasteiger partial charge in [0, 0.05) is 39.8 Å². The molecule has 2 N–H and O–H groups in total. The molecular weight excluding hydrogens is 238 g/mol. The van der Waals surface area contributed by atoms with Crippen molar-refractivity contribution in [1.29, 1.82) is 0 Å². The number of amides is 1. The van der Waals surface area contributed by atoms with Gasteiger partial charge in [0.05, 0.1) is 0 Å². The van der Waals surface area contributed by atoms with Crippen LogP contribution in [0.3, 0.4) is 0 Å². The van der Waals surface area contributed by atoms with Crippen molar-refractivity contribution in [2.45, 2.75) is 25.8 Å². The van der Waals surface area contributed by atoms with Crippen molar-refractivity contribution in [2.75, 3.05) is 32.6 Å². The van der Waals surface area contributed by atoms with Crippen molar-refractivity contribution in [2.24, 2.45) is 5.73 Å². The van der Waals surface area contributed by atoms with Crippen LogP contribution >= 0.6 is 0 Å². The van der Waals surface area contributed by atoms with E-state index in [2.05, 4.69) is 29.2 Å². The van der Waals surface area contributed by atoms with E-state index in [0.717, 1.165) is 18.4 Å². The molecule has 0 bridgehead atoms. The molecule has 1 amide bonds. The monoisotopic (exact) mass is 263 g/mol. The smallest absolute Gasteiger partial charge is 0.222 e. The topological polar surface area (TPSA) is 49.6 Å². The van der Waals surface area contributed by atoms with E-state index in [1.807, 2.05) is 21.1 Å². The van der Waals surface area contributed by atoms with Gasteiger partial charge in [0.2, 0.25) is 5.91 Å². The molecule has 0 aromatic heterocycles. The molecular formula is C15H25N3O. The zero-order chi connectivity index (χ0) is 14.3. The summed E-state index contributed by atoms with van der Waals surface area (Å²) in [4.78, 5) is 15.7. The van der Waals surface area contributed by atoms with Gasteiger partial charge in [-0.1, -0.05) is 12.1 Å². The maximum atomic E-state index is 11.9. The second kappa shape index (κ2) is 7.79. The number of nitrogens with two attached hydrogens (primary N) is 1. The number of carbonyl (C=O) groups is 1. The molecule has 4 heteroatoms. The second-order valence-electron chi connectivity index (χ2n) is 5.06. The maximum absolute atomic E-state index is 11.9. The third-order valence-corrected chi connectivity index (χ3v) is 3.14. The number of hydrogen-bond acceptors (Lipinski definition) is 3. The Kier molecular flexibility index (Phi) is 6.36. The van der Waals surface area contributed by atoms with E-state index < -0.39 is 0 Å². The van der Waals surface area contributed by atoms with Gasteiger partial charge in [-0.3, -0.25) is 4.79 Å². The number of rotatable bonds is 7. The summed E-state index contributed by atoms with van der Waals surface area (Å²) in [5, 5.41) is 0. The Balaban J connectivity index is 2.47. The molecule has 19 heavy (non-hydrogen) atoms. The molecule has 0 heterocycles. The van der Waals surface area contributed by atoms with E-state index in [0.29, 0.717) is 19.5 Å². The highest BCUT2D eigenvalue weighted by Crippen LogP contribution is 2.13. The first kappa shape index (κ1) is 15.5. The van der Waals surface area contributed by atoms with Crippen molar-refractivity contribution in [1.82, 2.24) is 4.90 Å². The summed E-state index contributed by atoms with van der Waals surface area (Å²) in [7, 11) is 5.88. The lowest BCUT2D eigenvalue weighted by Gasteiger charge is -2.18. The lowest BCUT2D eigenvalue weighted by Crippen LogP contribution is -2.26. The molecule has 0 aliphatic rings. The second-order valence-corrected chi connectivity index (χ2v) is 5.06. The number of hydrogen-bond donors (Lipinski definition) is 1. The van der Waals surface area contributed by atoms with Gasteiger partial charge in [-0.15, -0.1) is 0 Å². The van der Waals surface area contributed by atoms with Crippen LogP contribution in [0.5, 0.6) is 0 Å². The largest absolute Gasteiger partial charge is 0.378 e. The predicted molar refractivity (Wildman–Crippen MR) is 80.1 cm³/mol. The van der Waals surface area contributed by atoms with E-state index in [1.165, 1.54) is 5.69 Å². The minimum absolute atomic E-state index is 0.185. The minimum atomic E-state index is 0.185. The predicted octanol–water partition coefficient (Wildman–Crippen LogP) is 1.84. The Morgan fingerprint density at radius 2 is 1.74 bits per heavy atom. The maximum Gasteiger partial charge on any atom is 0.222 e. The van der Waals surface area contributed by atoms with Crippen LogP contribution < -0.4 is 10.6 Å². The van der Waals surface area contributed by atoms with Gasteiger partial charge in [0.15, 0.2) is 0 Å². The Hall–Kier alpha value is -1.55. The van der Waals surface area contributed by atoms with Crippen LogP contribution in [-0.4, -0.2) is 38.5 Å². The lowest BCUT2D eigenvalue weighted by molar-refractivity contribution is -0.130. The van der Waals surface area contributed by atoms with Crippen LogP contribution in [0, 0.1) is 0 Å². The van der Waals surface area contributed by atoms with Crippen molar-refractivity contribution < 1.29 is 4.79 Å². The zero-order valence-electron chi connectivity index (χ0n) is 12.2. The van der Waals surface area contributed by atoms with Crippen LogP contribution in [0.4, 0.5) is 5.69 Å². The summed E-state index contributed by atoms with van der Waals surface area (Å²) in [5.74, 6) is 0.185. The van der Waals surface area contributed by atoms with Gasteiger partial charge in [-0.2, -0.15) is 0 Å². The normalized spacial score (nSPS) is 10.3. The molecule has 0 saturated carbocycles. The molecule has 0 aliphatic heterocycles. The number of nitrogens with zero attached hydrogens (tertiary/aromatic N) is 2. The van der Waals surface area contributed by atoms with Crippen molar-refractivity contribution in [3.63, 3.8) is 0 Å². The first-order valence-corrected chi connectivity index (χ1v) is 6.75. The molecule has 0 saturated heterocycles. The number of benzene rings is 1. The third kappa shape index (κ3) is 5.30. The Labute approximate surface area is 116 Å². The van der Waals surface area contributed by atoms with Crippen molar-refractivity contribution in [3.8, 4) is 0 Å². The highest BCUT2D eigenvalue weighted by Gasteiger charge is 2.08. The Morgan fingerprint density at radius 1 is 1.11 bits per heavy atom. The molecule has 0 radical (unpaired) electrons. The van der Waals surface area contributed by atoms with Gasteiger partial charge >= 0.3 is 0 Å². The summed E-state index contributed by atoms with van der Waals surface area (Å²) < 4.78 is 0. The molecule has 0 spiro atoms. The molecule has 0 fully saturated rings. The van der Waals surface area contributed by atoms with E-state index in [1.54, 1.807) is 4.90 Å². The van der Waals surface area contributed by atoms with Crippen LogP contribution in [-0.2, 0) is 11.3 Å². The molecule has 1 aromatic carbocycles. The summed E-state index contributed by atoms with van der Waals surface area (Å²) in [6.45, 7) is 1.32. The van der Waals surface area contributed by atoms with Crippen molar-refractivity contribution in [3.05, 3.63) is 29.8 Å². The number of anilines is 1. The van der Waals surface area contributed by atoms with Gasteiger partial charge in [-0.25, -0.2) is 0 Å². The van der Waals surface area contributed by atoms with E-state index in [9.17, 15) is 4.79 Å².